The molecule has 1 N–H and O–H groups in total. The van der Waals surface area contributed by atoms with Crippen LogP contribution in [0.25, 0.3) is 22.5 Å². The van der Waals surface area contributed by atoms with E-state index in [0.29, 0.717) is 35.4 Å². The zero-order valence-electron chi connectivity index (χ0n) is 25.2. The van der Waals surface area contributed by atoms with Gasteiger partial charge in [0.2, 0.25) is 0 Å². The Morgan fingerprint density at radius 1 is 0.841 bits per heavy atom. The van der Waals surface area contributed by atoms with Crippen LogP contribution in [0.4, 0.5) is 13.2 Å². The molecule has 7 heteroatoms. The molecule has 1 amide bonds. The minimum absolute atomic E-state index is 0.0107. The number of carbonyl (C=O) groups is 1. The van der Waals surface area contributed by atoms with E-state index in [2.05, 4.69) is 55.5 Å². The molecule has 226 valence electrons. The molecule has 4 aromatic carbocycles. The van der Waals surface area contributed by atoms with Gasteiger partial charge in [0.1, 0.15) is 0 Å². The maximum absolute atomic E-state index is 13.6. The van der Waals surface area contributed by atoms with E-state index in [0.717, 1.165) is 22.9 Å². The summed E-state index contributed by atoms with van der Waals surface area (Å²) in [6, 6.07) is 30.4. The van der Waals surface area contributed by atoms with Crippen molar-refractivity contribution in [1.29, 1.82) is 0 Å². The second-order valence-corrected chi connectivity index (χ2v) is 11.9. The number of nitrogens with one attached hydrogen (secondary N) is 1. The molecule has 1 heterocycles. The normalized spacial score (nSPS) is 12.6. The Morgan fingerprint density at radius 3 is 2.09 bits per heavy atom. The van der Waals surface area contributed by atoms with Gasteiger partial charge in [0.15, 0.2) is 5.76 Å². The summed E-state index contributed by atoms with van der Waals surface area (Å²) in [7, 11) is 0. The largest absolute Gasteiger partial charge is 0.417 e. The molecule has 0 spiro atoms. The molecular formula is C37H35F3N2O2. The molecule has 0 saturated carbocycles. The van der Waals surface area contributed by atoms with Crippen LogP contribution in [0, 0.1) is 0 Å². The van der Waals surface area contributed by atoms with Crippen molar-refractivity contribution >= 4 is 5.91 Å². The van der Waals surface area contributed by atoms with E-state index in [4.69, 9.17) is 4.52 Å². The quantitative estimate of drug-likeness (QED) is 0.194. The van der Waals surface area contributed by atoms with Crippen molar-refractivity contribution in [2.75, 3.05) is 6.54 Å². The lowest BCUT2D eigenvalue weighted by atomic mass is 9.83. The number of aromatic nitrogens is 1. The van der Waals surface area contributed by atoms with E-state index in [1.165, 1.54) is 17.7 Å². The summed E-state index contributed by atoms with van der Waals surface area (Å²) in [5.74, 6) is 0.288. The fraction of sp³-hybridized carbons (Fsp3) is 0.243. The van der Waals surface area contributed by atoms with Crippen molar-refractivity contribution in [1.82, 2.24) is 10.5 Å². The van der Waals surface area contributed by atoms with Crippen LogP contribution in [0.2, 0.25) is 0 Å². The highest BCUT2D eigenvalue weighted by atomic mass is 19.4. The lowest BCUT2D eigenvalue weighted by Gasteiger charge is -2.21. The maximum Gasteiger partial charge on any atom is 0.417 e. The Balaban J connectivity index is 1.45. The first-order chi connectivity index (χ1) is 20.9. The third-order valence-corrected chi connectivity index (χ3v) is 7.77. The van der Waals surface area contributed by atoms with Crippen molar-refractivity contribution in [3.8, 4) is 22.5 Å². The molecule has 0 saturated heterocycles. The summed E-state index contributed by atoms with van der Waals surface area (Å²) < 4.78 is 46.5. The fourth-order valence-corrected chi connectivity index (χ4v) is 5.28. The predicted molar refractivity (Wildman–Crippen MR) is 168 cm³/mol. The van der Waals surface area contributed by atoms with Gasteiger partial charge in [0, 0.05) is 29.7 Å². The van der Waals surface area contributed by atoms with Gasteiger partial charge in [0.25, 0.3) is 5.91 Å². The first kappa shape index (κ1) is 30.8. The second kappa shape index (κ2) is 12.5. The van der Waals surface area contributed by atoms with E-state index in [9.17, 15) is 18.0 Å². The Kier molecular flexibility index (Phi) is 8.77. The van der Waals surface area contributed by atoms with Crippen LogP contribution < -0.4 is 5.32 Å². The van der Waals surface area contributed by atoms with E-state index in [1.54, 1.807) is 30.3 Å². The average Bonchev–Trinajstić information content (AvgIpc) is 3.50. The van der Waals surface area contributed by atoms with Gasteiger partial charge in [-0.3, -0.25) is 4.79 Å². The van der Waals surface area contributed by atoms with Gasteiger partial charge in [-0.2, -0.15) is 13.2 Å². The number of nitrogens with zero attached hydrogens (tertiary/aromatic N) is 1. The Hall–Kier alpha value is -4.65. The lowest BCUT2D eigenvalue weighted by molar-refractivity contribution is -0.137. The van der Waals surface area contributed by atoms with Gasteiger partial charge >= 0.3 is 6.18 Å². The minimum atomic E-state index is -4.45. The molecule has 0 radical (unpaired) electrons. The molecule has 1 atom stereocenters. The molecule has 1 unspecified atom stereocenters. The highest BCUT2D eigenvalue weighted by Gasteiger charge is 2.33. The van der Waals surface area contributed by atoms with Crippen molar-refractivity contribution in [3.63, 3.8) is 0 Å². The van der Waals surface area contributed by atoms with E-state index >= 15 is 0 Å². The Bertz CT molecular complexity index is 1710. The topological polar surface area (TPSA) is 55.1 Å². The van der Waals surface area contributed by atoms with Crippen LogP contribution in [0.5, 0.6) is 0 Å². The minimum Gasteiger partial charge on any atom is -0.356 e. The van der Waals surface area contributed by atoms with Gasteiger partial charge in [-0.1, -0.05) is 105 Å². The third-order valence-electron chi connectivity index (χ3n) is 7.77. The summed E-state index contributed by atoms with van der Waals surface area (Å²) in [4.78, 5) is 12.3. The van der Waals surface area contributed by atoms with Gasteiger partial charge in [0.05, 0.1) is 11.3 Å². The molecule has 0 aliphatic carbocycles. The standard InChI is InChI=1S/C37H35F3N2O2/c1-5-41-35(43)28-12-10-24(11-13-28)22-31(26-18-20-29(21-19-26)36(2,3)4)33-23-34(44-42-33)27-16-14-25(15-17-27)30-8-6-7-9-32(30)37(38,39)40/h6-21,23,31H,5,22H2,1-4H3,(H,41,43). The van der Waals surface area contributed by atoms with Gasteiger partial charge in [-0.15, -0.1) is 0 Å². The number of amides is 1. The predicted octanol–water partition coefficient (Wildman–Crippen LogP) is 9.45. The second-order valence-electron chi connectivity index (χ2n) is 11.9. The summed E-state index contributed by atoms with van der Waals surface area (Å²) in [6.45, 7) is 8.96. The number of carbonyl (C=O) groups excluding carboxylic acids is 1. The Labute approximate surface area is 255 Å². The van der Waals surface area contributed by atoms with Crippen LogP contribution in [0.1, 0.15) is 71.9 Å². The lowest BCUT2D eigenvalue weighted by Crippen LogP contribution is -2.22. The third kappa shape index (κ3) is 6.94. The highest BCUT2D eigenvalue weighted by molar-refractivity contribution is 5.94. The molecule has 0 bridgehead atoms. The number of halogens is 3. The van der Waals surface area contributed by atoms with E-state index in [-0.39, 0.29) is 22.8 Å². The smallest absolute Gasteiger partial charge is 0.356 e. The van der Waals surface area contributed by atoms with Crippen molar-refractivity contribution in [2.45, 2.75) is 51.6 Å². The number of alkyl halides is 3. The van der Waals surface area contributed by atoms with Crippen LogP contribution in [-0.4, -0.2) is 17.6 Å². The van der Waals surface area contributed by atoms with E-state index < -0.39 is 11.7 Å². The fourth-order valence-electron chi connectivity index (χ4n) is 5.28. The van der Waals surface area contributed by atoms with Crippen molar-refractivity contribution < 1.29 is 22.5 Å². The number of hydrogen-bond acceptors (Lipinski definition) is 3. The molecule has 0 aliphatic rings. The van der Waals surface area contributed by atoms with E-state index in [1.807, 2.05) is 37.3 Å². The number of hydrogen-bond donors (Lipinski definition) is 1. The van der Waals surface area contributed by atoms with Crippen molar-refractivity contribution in [3.05, 3.63) is 137 Å². The van der Waals surface area contributed by atoms with Gasteiger partial charge in [-0.05, 0) is 64.8 Å². The number of rotatable bonds is 8. The Morgan fingerprint density at radius 2 is 1.48 bits per heavy atom. The summed E-state index contributed by atoms with van der Waals surface area (Å²) in [5.41, 5.74) is 5.32. The molecular weight excluding hydrogens is 561 g/mol. The monoisotopic (exact) mass is 596 g/mol. The SMILES string of the molecule is CCNC(=O)c1ccc(CC(c2ccc(C(C)(C)C)cc2)c2cc(-c3ccc(-c4ccccc4C(F)(F)F)cc3)on2)cc1. The molecule has 4 nitrogen and oxygen atoms in total. The summed E-state index contributed by atoms with van der Waals surface area (Å²) in [6.07, 6.45) is -3.82. The molecule has 0 aliphatic heterocycles. The first-order valence-electron chi connectivity index (χ1n) is 14.6. The van der Waals surface area contributed by atoms with Crippen LogP contribution in [-0.2, 0) is 18.0 Å². The van der Waals surface area contributed by atoms with Crippen molar-refractivity contribution in [2.24, 2.45) is 0 Å². The van der Waals surface area contributed by atoms with Crippen LogP contribution in [0.15, 0.2) is 108 Å². The average molecular weight is 597 g/mol. The molecule has 5 rings (SSSR count). The summed E-state index contributed by atoms with van der Waals surface area (Å²) >= 11 is 0. The first-order valence-corrected chi connectivity index (χ1v) is 14.6. The molecule has 44 heavy (non-hydrogen) atoms. The van der Waals surface area contributed by atoms with Crippen LogP contribution >= 0.6 is 0 Å². The maximum atomic E-state index is 13.6. The summed E-state index contributed by atoms with van der Waals surface area (Å²) in [5, 5.41) is 7.27. The highest BCUT2D eigenvalue weighted by Crippen LogP contribution is 2.38. The van der Waals surface area contributed by atoms with Gasteiger partial charge in [-0.25, -0.2) is 0 Å². The number of benzene rings is 4. The molecule has 1 aromatic heterocycles. The molecule has 0 fully saturated rings. The van der Waals surface area contributed by atoms with Gasteiger partial charge < -0.3 is 9.84 Å². The zero-order valence-corrected chi connectivity index (χ0v) is 25.2. The molecule has 5 aromatic rings. The zero-order chi connectivity index (χ0) is 31.5. The van der Waals surface area contributed by atoms with Crippen LogP contribution in [0.3, 0.4) is 0 Å².